The fraction of sp³-hybridized carbons (Fsp3) is 0. The summed E-state index contributed by atoms with van der Waals surface area (Å²) in [6.07, 6.45) is 4.99. The number of amides is 1. The topological polar surface area (TPSA) is 99.1 Å². The van der Waals surface area contributed by atoms with Crippen LogP contribution in [-0.2, 0) is 0 Å². The number of para-hydroxylation sites is 1. The Balaban J connectivity index is 1.47. The first-order valence-electron chi connectivity index (χ1n) is 7.30. The minimum Gasteiger partial charge on any atom is -0.463 e. The van der Waals surface area contributed by atoms with Crippen molar-refractivity contribution < 1.29 is 9.21 Å². The van der Waals surface area contributed by atoms with E-state index in [9.17, 15) is 4.79 Å². The number of hydrazone groups is 1. The van der Waals surface area contributed by atoms with Crippen molar-refractivity contribution in [3.8, 4) is 11.5 Å². The van der Waals surface area contributed by atoms with Gasteiger partial charge in [-0.25, -0.2) is 5.43 Å². The molecule has 1 aromatic carbocycles. The van der Waals surface area contributed by atoms with Gasteiger partial charge in [0.25, 0.3) is 5.91 Å². The smallest absolute Gasteiger partial charge is 0.291 e. The molecule has 0 fully saturated rings. The van der Waals surface area contributed by atoms with E-state index in [1.165, 1.54) is 0 Å². The maximum Gasteiger partial charge on any atom is 0.291 e. The van der Waals surface area contributed by atoms with Gasteiger partial charge in [-0.3, -0.25) is 9.89 Å². The van der Waals surface area contributed by atoms with Gasteiger partial charge in [0.1, 0.15) is 5.69 Å². The van der Waals surface area contributed by atoms with Crippen LogP contribution in [0.15, 0.2) is 64.4 Å². The van der Waals surface area contributed by atoms with E-state index < -0.39 is 5.91 Å². The summed E-state index contributed by atoms with van der Waals surface area (Å²) in [4.78, 5) is 15.2. The van der Waals surface area contributed by atoms with Gasteiger partial charge in [-0.05, 0) is 18.2 Å². The van der Waals surface area contributed by atoms with Crippen molar-refractivity contribution in [2.75, 3.05) is 0 Å². The van der Waals surface area contributed by atoms with Crippen LogP contribution in [0.25, 0.3) is 22.4 Å². The molecule has 0 aliphatic carbocycles. The van der Waals surface area contributed by atoms with Crippen LogP contribution in [0.4, 0.5) is 0 Å². The zero-order chi connectivity index (χ0) is 16.4. The monoisotopic (exact) mass is 319 g/mol. The minimum atomic E-state index is -0.403. The highest BCUT2D eigenvalue weighted by molar-refractivity contribution is 6.00. The Labute approximate surface area is 136 Å². The first-order valence-corrected chi connectivity index (χ1v) is 7.30. The van der Waals surface area contributed by atoms with Crippen LogP contribution in [0.3, 0.4) is 0 Å². The lowest BCUT2D eigenvalue weighted by Crippen LogP contribution is -2.17. The van der Waals surface area contributed by atoms with Crippen molar-refractivity contribution in [3.63, 3.8) is 0 Å². The summed E-state index contributed by atoms with van der Waals surface area (Å²) in [6.45, 7) is 0. The fourth-order valence-corrected chi connectivity index (χ4v) is 2.41. The molecule has 0 spiro atoms. The average molecular weight is 319 g/mol. The lowest BCUT2D eigenvalue weighted by atomic mass is 10.2. The summed E-state index contributed by atoms with van der Waals surface area (Å²) in [5.74, 6) is 0.212. The van der Waals surface area contributed by atoms with Crippen LogP contribution in [0.1, 0.15) is 16.1 Å². The van der Waals surface area contributed by atoms with Crippen LogP contribution in [0, 0.1) is 0 Å². The van der Waals surface area contributed by atoms with E-state index in [1.807, 2.05) is 30.5 Å². The number of fused-ring (bicyclic) bond motifs is 1. The minimum absolute atomic E-state index is 0.234. The molecular formula is C17H13N5O2. The van der Waals surface area contributed by atoms with Crippen LogP contribution >= 0.6 is 0 Å². The zero-order valence-electron chi connectivity index (χ0n) is 12.5. The number of carbonyl (C=O) groups is 1. The quantitative estimate of drug-likeness (QED) is 0.398. The lowest BCUT2D eigenvalue weighted by Gasteiger charge is -1.94. The molecule has 0 aliphatic heterocycles. The summed E-state index contributed by atoms with van der Waals surface area (Å²) in [6, 6.07) is 13.0. The van der Waals surface area contributed by atoms with Crippen molar-refractivity contribution in [1.29, 1.82) is 0 Å². The number of H-pyrrole nitrogens is 2. The summed E-state index contributed by atoms with van der Waals surface area (Å²) < 4.78 is 5.25. The molecule has 0 saturated carbocycles. The molecule has 7 heteroatoms. The molecule has 3 aromatic heterocycles. The number of rotatable bonds is 4. The molecule has 4 rings (SSSR count). The molecule has 1 amide bonds. The summed E-state index contributed by atoms with van der Waals surface area (Å²) >= 11 is 0. The lowest BCUT2D eigenvalue weighted by molar-refractivity contribution is 0.0950. The summed E-state index contributed by atoms with van der Waals surface area (Å²) in [7, 11) is 0. The van der Waals surface area contributed by atoms with Crippen LogP contribution in [0.5, 0.6) is 0 Å². The van der Waals surface area contributed by atoms with Gasteiger partial charge in [0.05, 0.1) is 12.5 Å². The number of carbonyl (C=O) groups excluding carboxylic acids is 1. The molecule has 0 atom stereocenters. The molecule has 3 heterocycles. The third kappa shape index (κ3) is 2.58. The highest BCUT2D eigenvalue weighted by Crippen LogP contribution is 2.18. The highest BCUT2D eigenvalue weighted by atomic mass is 16.3. The normalized spacial score (nSPS) is 11.3. The number of aromatic nitrogens is 3. The number of furan rings is 1. The first-order chi connectivity index (χ1) is 11.8. The van der Waals surface area contributed by atoms with Crippen molar-refractivity contribution in [3.05, 3.63) is 66.2 Å². The average Bonchev–Trinajstić information content (AvgIpc) is 3.35. The SMILES string of the molecule is O=C(NN=Cc1c[nH]c2ccccc12)c1cc(-c2ccco2)[nH]n1. The molecule has 118 valence electrons. The summed E-state index contributed by atoms with van der Waals surface area (Å²) in [5, 5.41) is 11.7. The maximum absolute atomic E-state index is 12.1. The molecule has 7 nitrogen and oxygen atoms in total. The molecule has 0 radical (unpaired) electrons. The molecule has 3 N–H and O–H groups in total. The predicted molar refractivity (Wildman–Crippen MR) is 89.6 cm³/mol. The van der Waals surface area contributed by atoms with Crippen molar-refractivity contribution in [2.45, 2.75) is 0 Å². The second-order valence-corrected chi connectivity index (χ2v) is 5.13. The van der Waals surface area contributed by atoms with E-state index in [-0.39, 0.29) is 5.69 Å². The van der Waals surface area contributed by atoms with Gasteiger partial charge in [-0.15, -0.1) is 0 Å². The van der Waals surface area contributed by atoms with Crippen LogP contribution in [-0.4, -0.2) is 27.3 Å². The van der Waals surface area contributed by atoms with Crippen molar-refractivity contribution in [1.82, 2.24) is 20.6 Å². The Morgan fingerprint density at radius 2 is 2.17 bits per heavy atom. The van der Waals surface area contributed by atoms with Crippen LogP contribution < -0.4 is 5.43 Å². The number of nitrogens with one attached hydrogen (secondary N) is 3. The first kappa shape index (κ1) is 14.0. The van der Waals surface area contributed by atoms with E-state index in [0.29, 0.717) is 11.5 Å². The van der Waals surface area contributed by atoms with Gasteiger partial charge in [-0.1, -0.05) is 18.2 Å². The Kier molecular flexibility index (Phi) is 3.43. The van der Waals surface area contributed by atoms with E-state index >= 15 is 0 Å². The largest absolute Gasteiger partial charge is 0.463 e. The Hall–Kier alpha value is -3.61. The Bertz CT molecular complexity index is 1010. The van der Waals surface area contributed by atoms with E-state index in [0.717, 1.165) is 16.5 Å². The fourth-order valence-electron chi connectivity index (χ4n) is 2.41. The van der Waals surface area contributed by atoms with Gasteiger partial charge in [0.15, 0.2) is 11.5 Å². The second kappa shape index (κ2) is 5.88. The number of benzene rings is 1. The zero-order valence-corrected chi connectivity index (χ0v) is 12.5. The van der Waals surface area contributed by atoms with E-state index in [4.69, 9.17) is 4.42 Å². The van der Waals surface area contributed by atoms with Gasteiger partial charge in [0.2, 0.25) is 0 Å². The van der Waals surface area contributed by atoms with Gasteiger partial charge < -0.3 is 9.40 Å². The molecule has 24 heavy (non-hydrogen) atoms. The second-order valence-electron chi connectivity index (χ2n) is 5.13. The van der Waals surface area contributed by atoms with Crippen molar-refractivity contribution >= 4 is 23.0 Å². The molecule has 0 saturated heterocycles. The van der Waals surface area contributed by atoms with Crippen LogP contribution in [0.2, 0.25) is 0 Å². The van der Waals surface area contributed by atoms with Gasteiger partial charge >= 0.3 is 0 Å². The highest BCUT2D eigenvalue weighted by Gasteiger charge is 2.12. The van der Waals surface area contributed by atoms with Gasteiger partial charge in [-0.2, -0.15) is 10.2 Å². The van der Waals surface area contributed by atoms with E-state index in [1.54, 1.807) is 30.7 Å². The number of aromatic amines is 2. The molecule has 4 aromatic rings. The number of hydrogen-bond donors (Lipinski definition) is 3. The predicted octanol–water partition coefficient (Wildman–Crippen LogP) is 2.91. The number of nitrogens with zero attached hydrogens (tertiary/aromatic N) is 2. The van der Waals surface area contributed by atoms with Gasteiger partial charge in [0, 0.05) is 28.7 Å². The Morgan fingerprint density at radius 3 is 3.04 bits per heavy atom. The molecular weight excluding hydrogens is 306 g/mol. The molecule has 0 aliphatic rings. The maximum atomic E-state index is 12.1. The van der Waals surface area contributed by atoms with Crippen molar-refractivity contribution in [2.24, 2.45) is 5.10 Å². The third-order valence-corrected chi connectivity index (χ3v) is 3.59. The van der Waals surface area contributed by atoms with E-state index in [2.05, 4.69) is 25.7 Å². The molecule has 0 bridgehead atoms. The Morgan fingerprint density at radius 1 is 1.25 bits per heavy atom. The summed E-state index contributed by atoms with van der Waals surface area (Å²) in [5.41, 5.74) is 5.24. The standard InChI is InChI=1S/C17H13N5O2/c23-17(15-8-14(20-21-15)16-6-3-7-24-16)22-19-10-11-9-18-13-5-2-1-4-12(11)13/h1-10,18H,(H,20,21)(H,22,23). The molecule has 0 unspecified atom stereocenters. The third-order valence-electron chi connectivity index (χ3n) is 3.59. The number of hydrogen-bond acceptors (Lipinski definition) is 4.